The first kappa shape index (κ1) is 10.6. The largest absolute Gasteiger partial charge is 0.370 e. The number of rotatable bonds is 1. The zero-order chi connectivity index (χ0) is 12.8. The summed E-state index contributed by atoms with van der Waals surface area (Å²) in [5.74, 6) is 1.15. The van der Waals surface area contributed by atoms with Gasteiger partial charge in [-0.2, -0.15) is 0 Å². The summed E-state index contributed by atoms with van der Waals surface area (Å²) in [4.78, 5) is 10.2. The SMILES string of the molecule is NC1=N[C@H](c2cccs2)n2c(nc3ccccc32)N1. The van der Waals surface area contributed by atoms with E-state index >= 15 is 0 Å². The molecule has 0 saturated carbocycles. The van der Waals surface area contributed by atoms with E-state index in [0.717, 1.165) is 21.9 Å². The van der Waals surface area contributed by atoms with E-state index in [1.807, 2.05) is 35.7 Å². The second-order valence-electron chi connectivity index (χ2n) is 4.32. The summed E-state index contributed by atoms with van der Waals surface area (Å²) in [5, 5.41) is 5.07. The standard InChI is InChI=1S/C13H11N5S/c14-12-16-11(10-6-3-7-19-10)18-9-5-2-1-4-8(9)15-13(18)17-12/h1-7,11H,(H3,14,15,16,17)/t11-/m0/s1. The number of benzene rings is 1. The first-order valence-electron chi connectivity index (χ1n) is 5.93. The van der Waals surface area contributed by atoms with Gasteiger partial charge in [-0.1, -0.05) is 18.2 Å². The third-order valence-corrected chi connectivity index (χ3v) is 4.05. The molecule has 0 aliphatic carbocycles. The smallest absolute Gasteiger partial charge is 0.212 e. The van der Waals surface area contributed by atoms with Crippen molar-refractivity contribution in [3.63, 3.8) is 0 Å². The van der Waals surface area contributed by atoms with Gasteiger partial charge >= 0.3 is 0 Å². The van der Waals surface area contributed by atoms with Crippen LogP contribution in [0.25, 0.3) is 11.0 Å². The fourth-order valence-electron chi connectivity index (χ4n) is 2.35. The van der Waals surface area contributed by atoms with Gasteiger partial charge in [0, 0.05) is 4.88 Å². The Labute approximate surface area is 113 Å². The maximum Gasteiger partial charge on any atom is 0.212 e. The van der Waals surface area contributed by atoms with Crippen molar-refractivity contribution in [2.45, 2.75) is 6.17 Å². The van der Waals surface area contributed by atoms with Crippen LogP contribution in [0.1, 0.15) is 11.0 Å². The number of hydrogen-bond donors (Lipinski definition) is 2. The van der Waals surface area contributed by atoms with E-state index in [-0.39, 0.29) is 6.17 Å². The van der Waals surface area contributed by atoms with Crippen molar-refractivity contribution in [3.05, 3.63) is 46.7 Å². The van der Waals surface area contributed by atoms with Gasteiger partial charge in [-0.15, -0.1) is 11.3 Å². The average molecular weight is 269 g/mol. The lowest BCUT2D eigenvalue weighted by atomic mass is 10.3. The highest BCUT2D eigenvalue weighted by molar-refractivity contribution is 7.10. The number of imidazole rings is 1. The summed E-state index contributed by atoms with van der Waals surface area (Å²) >= 11 is 1.67. The molecule has 4 rings (SSSR count). The fourth-order valence-corrected chi connectivity index (χ4v) is 3.10. The van der Waals surface area contributed by atoms with Gasteiger partial charge in [0.1, 0.15) is 0 Å². The summed E-state index contributed by atoms with van der Waals surface area (Å²) in [6, 6.07) is 12.1. The zero-order valence-corrected chi connectivity index (χ0v) is 10.8. The Bertz CT molecular complexity index is 772. The average Bonchev–Trinajstić information content (AvgIpc) is 3.04. The highest BCUT2D eigenvalue weighted by Gasteiger charge is 2.25. The topological polar surface area (TPSA) is 68.2 Å². The number of anilines is 1. The van der Waals surface area contributed by atoms with Crippen LogP contribution < -0.4 is 11.1 Å². The van der Waals surface area contributed by atoms with Crippen LogP contribution in [0.5, 0.6) is 0 Å². The van der Waals surface area contributed by atoms with Crippen LogP contribution in [0.3, 0.4) is 0 Å². The number of aromatic nitrogens is 2. The third-order valence-electron chi connectivity index (χ3n) is 3.14. The van der Waals surface area contributed by atoms with Crippen LogP contribution in [-0.4, -0.2) is 15.5 Å². The van der Waals surface area contributed by atoms with E-state index in [4.69, 9.17) is 5.73 Å². The normalized spacial score (nSPS) is 17.9. The molecular formula is C13H11N5S. The highest BCUT2D eigenvalue weighted by Crippen LogP contribution is 2.33. The molecule has 0 saturated heterocycles. The second kappa shape index (κ2) is 3.83. The van der Waals surface area contributed by atoms with Gasteiger partial charge in [-0.25, -0.2) is 9.98 Å². The summed E-state index contributed by atoms with van der Waals surface area (Å²) in [7, 11) is 0. The molecule has 1 aliphatic rings. The molecule has 3 heterocycles. The number of nitrogens with one attached hydrogen (secondary N) is 1. The van der Waals surface area contributed by atoms with Crippen LogP contribution in [-0.2, 0) is 0 Å². The molecule has 3 aromatic rings. The number of thiophene rings is 1. The van der Waals surface area contributed by atoms with E-state index in [1.54, 1.807) is 11.3 Å². The molecule has 0 amide bonds. The maximum absolute atomic E-state index is 5.86. The Hall–Kier alpha value is -2.34. The molecule has 0 fully saturated rings. The molecule has 5 nitrogen and oxygen atoms in total. The predicted molar refractivity (Wildman–Crippen MR) is 77.4 cm³/mol. The molecule has 0 bridgehead atoms. The lowest BCUT2D eigenvalue weighted by Crippen LogP contribution is -2.31. The highest BCUT2D eigenvalue weighted by atomic mass is 32.1. The summed E-state index contributed by atoms with van der Waals surface area (Å²) in [6.07, 6.45) is -0.136. The van der Waals surface area contributed by atoms with Gasteiger partial charge in [0.2, 0.25) is 5.95 Å². The maximum atomic E-state index is 5.86. The van der Waals surface area contributed by atoms with E-state index < -0.39 is 0 Å². The minimum absolute atomic E-state index is 0.136. The molecule has 3 N–H and O–H groups in total. The first-order valence-corrected chi connectivity index (χ1v) is 6.81. The van der Waals surface area contributed by atoms with Crippen molar-refractivity contribution in [1.82, 2.24) is 9.55 Å². The van der Waals surface area contributed by atoms with E-state index in [0.29, 0.717) is 5.96 Å². The van der Waals surface area contributed by atoms with Crippen LogP contribution in [0.15, 0.2) is 46.8 Å². The monoisotopic (exact) mass is 269 g/mol. The minimum atomic E-state index is -0.136. The van der Waals surface area contributed by atoms with E-state index in [2.05, 4.69) is 25.9 Å². The van der Waals surface area contributed by atoms with Gasteiger partial charge in [0.05, 0.1) is 11.0 Å². The van der Waals surface area contributed by atoms with Crippen molar-refractivity contribution in [3.8, 4) is 0 Å². The summed E-state index contributed by atoms with van der Waals surface area (Å²) in [5.41, 5.74) is 7.85. The molecule has 0 radical (unpaired) electrons. The Balaban J connectivity index is 2.00. The second-order valence-corrected chi connectivity index (χ2v) is 5.30. The molecule has 94 valence electrons. The molecule has 19 heavy (non-hydrogen) atoms. The molecule has 6 heteroatoms. The third kappa shape index (κ3) is 1.53. The Morgan fingerprint density at radius 1 is 1.21 bits per heavy atom. The number of nitrogens with zero attached hydrogens (tertiary/aromatic N) is 3. The molecule has 1 aromatic carbocycles. The molecule has 2 aromatic heterocycles. The first-order chi connectivity index (χ1) is 9.33. The Morgan fingerprint density at radius 3 is 2.95 bits per heavy atom. The van der Waals surface area contributed by atoms with Gasteiger partial charge in [-0.05, 0) is 23.6 Å². The van der Waals surface area contributed by atoms with Gasteiger partial charge in [-0.3, -0.25) is 9.88 Å². The lowest BCUT2D eigenvalue weighted by molar-refractivity contribution is 0.637. The molecular weight excluding hydrogens is 258 g/mol. The molecule has 1 aliphatic heterocycles. The van der Waals surface area contributed by atoms with Gasteiger partial charge in [0.15, 0.2) is 12.1 Å². The minimum Gasteiger partial charge on any atom is -0.370 e. The van der Waals surface area contributed by atoms with E-state index in [1.165, 1.54) is 0 Å². The number of para-hydroxylation sites is 2. The van der Waals surface area contributed by atoms with Crippen molar-refractivity contribution in [1.29, 1.82) is 0 Å². The summed E-state index contributed by atoms with van der Waals surface area (Å²) < 4.78 is 2.08. The van der Waals surface area contributed by atoms with Crippen molar-refractivity contribution >= 4 is 34.3 Å². The number of guanidine groups is 1. The van der Waals surface area contributed by atoms with Gasteiger partial charge in [0.25, 0.3) is 0 Å². The van der Waals surface area contributed by atoms with E-state index in [9.17, 15) is 0 Å². The number of aliphatic imine (C=N–C) groups is 1. The zero-order valence-electron chi connectivity index (χ0n) is 9.95. The lowest BCUT2D eigenvalue weighted by Gasteiger charge is -2.22. The molecule has 0 spiro atoms. The van der Waals surface area contributed by atoms with Crippen molar-refractivity contribution < 1.29 is 0 Å². The number of nitrogens with two attached hydrogens (primary N) is 1. The Morgan fingerprint density at radius 2 is 2.11 bits per heavy atom. The van der Waals surface area contributed by atoms with Crippen LogP contribution >= 0.6 is 11.3 Å². The Kier molecular flexibility index (Phi) is 2.13. The fraction of sp³-hybridized carbons (Fsp3) is 0.0769. The number of hydrogen-bond acceptors (Lipinski definition) is 5. The quantitative estimate of drug-likeness (QED) is 0.712. The summed E-state index contributed by atoms with van der Waals surface area (Å²) in [6.45, 7) is 0. The van der Waals surface area contributed by atoms with Gasteiger partial charge < -0.3 is 5.73 Å². The molecule has 0 unspecified atom stereocenters. The van der Waals surface area contributed by atoms with Crippen LogP contribution in [0, 0.1) is 0 Å². The predicted octanol–water partition coefficient (Wildman–Crippen LogP) is 2.38. The van der Waals surface area contributed by atoms with Crippen molar-refractivity contribution in [2.24, 2.45) is 10.7 Å². The van der Waals surface area contributed by atoms with Crippen molar-refractivity contribution in [2.75, 3.05) is 5.32 Å². The van der Waals surface area contributed by atoms with Crippen LogP contribution in [0.4, 0.5) is 5.95 Å². The number of fused-ring (bicyclic) bond motifs is 3. The molecule has 1 atom stereocenters. The van der Waals surface area contributed by atoms with Crippen LogP contribution in [0.2, 0.25) is 0 Å².